The van der Waals surface area contributed by atoms with Crippen molar-refractivity contribution >= 4 is 11.8 Å². The fourth-order valence-electron chi connectivity index (χ4n) is 3.09. The molecule has 2 amide bonds. The zero-order valence-electron chi connectivity index (χ0n) is 15.4. The number of carbonyl (C=O) groups excluding carboxylic acids is 2. The SMILES string of the molecule is COC(C)(C)C(=O)N[C@@H]1Cc2ccccc2[C@H]1NC(=O)c1cc(C)[nH]n1. The average molecular weight is 356 g/mol. The van der Waals surface area contributed by atoms with Gasteiger partial charge in [0.05, 0.1) is 12.1 Å². The molecular weight excluding hydrogens is 332 g/mol. The largest absolute Gasteiger partial charge is 0.369 e. The van der Waals surface area contributed by atoms with Crippen molar-refractivity contribution < 1.29 is 14.3 Å². The van der Waals surface area contributed by atoms with Gasteiger partial charge >= 0.3 is 0 Å². The molecule has 0 aliphatic heterocycles. The number of aromatic nitrogens is 2. The summed E-state index contributed by atoms with van der Waals surface area (Å²) < 4.78 is 5.26. The molecule has 3 rings (SSSR count). The molecule has 1 aliphatic rings. The van der Waals surface area contributed by atoms with E-state index in [0.29, 0.717) is 12.1 Å². The molecule has 138 valence electrons. The molecule has 7 nitrogen and oxygen atoms in total. The van der Waals surface area contributed by atoms with E-state index in [1.54, 1.807) is 19.9 Å². The Balaban J connectivity index is 1.82. The van der Waals surface area contributed by atoms with E-state index in [0.717, 1.165) is 16.8 Å². The van der Waals surface area contributed by atoms with Crippen molar-refractivity contribution in [1.29, 1.82) is 0 Å². The van der Waals surface area contributed by atoms with Crippen LogP contribution >= 0.6 is 0 Å². The number of carbonyl (C=O) groups is 2. The number of ether oxygens (including phenoxy) is 1. The molecule has 1 aromatic heterocycles. The van der Waals surface area contributed by atoms with E-state index in [1.165, 1.54) is 7.11 Å². The molecule has 0 spiro atoms. The molecule has 1 aromatic carbocycles. The van der Waals surface area contributed by atoms with E-state index in [-0.39, 0.29) is 23.9 Å². The zero-order valence-corrected chi connectivity index (χ0v) is 15.4. The molecule has 0 bridgehead atoms. The van der Waals surface area contributed by atoms with Crippen LogP contribution in [0.2, 0.25) is 0 Å². The number of benzene rings is 1. The van der Waals surface area contributed by atoms with Gasteiger partial charge in [-0.2, -0.15) is 5.10 Å². The molecule has 0 saturated carbocycles. The number of nitrogens with zero attached hydrogens (tertiary/aromatic N) is 1. The lowest BCUT2D eigenvalue weighted by Gasteiger charge is -2.28. The molecule has 3 N–H and O–H groups in total. The summed E-state index contributed by atoms with van der Waals surface area (Å²) in [5.74, 6) is -0.492. The minimum Gasteiger partial charge on any atom is -0.369 e. The van der Waals surface area contributed by atoms with Gasteiger partial charge in [0.2, 0.25) is 0 Å². The summed E-state index contributed by atoms with van der Waals surface area (Å²) in [6, 6.07) is 8.99. The first-order valence-electron chi connectivity index (χ1n) is 8.58. The molecule has 1 aliphatic carbocycles. The number of rotatable bonds is 5. The topological polar surface area (TPSA) is 96.1 Å². The van der Waals surface area contributed by atoms with Crippen LogP contribution in [0.25, 0.3) is 0 Å². The van der Waals surface area contributed by atoms with Crippen LogP contribution in [0.15, 0.2) is 30.3 Å². The molecule has 2 atom stereocenters. The van der Waals surface area contributed by atoms with Crippen LogP contribution in [0.4, 0.5) is 0 Å². The second kappa shape index (κ2) is 6.92. The van der Waals surface area contributed by atoms with Gasteiger partial charge in [-0.3, -0.25) is 14.7 Å². The third kappa shape index (κ3) is 3.48. The van der Waals surface area contributed by atoms with Crippen LogP contribution in [0, 0.1) is 6.92 Å². The van der Waals surface area contributed by atoms with Gasteiger partial charge in [0.25, 0.3) is 11.8 Å². The Morgan fingerprint density at radius 3 is 2.65 bits per heavy atom. The lowest BCUT2D eigenvalue weighted by Crippen LogP contribution is -2.51. The minimum absolute atomic E-state index is 0.215. The Morgan fingerprint density at radius 2 is 2.00 bits per heavy atom. The number of aryl methyl sites for hydroxylation is 1. The Labute approximate surface area is 152 Å². The van der Waals surface area contributed by atoms with Crippen molar-refractivity contribution in [3.05, 3.63) is 52.8 Å². The molecule has 26 heavy (non-hydrogen) atoms. The van der Waals surface area contributed by atoms with Gasteiger partial charge < -0.3 is 15.4 Å². The van der Waals surface area contributed by atoms with E-state index < -0.39 is 5.60 Å². The zero-order chi connectivity index (χ0) is 18.9. The summed E-state index contributed by atoms with van der Waals surface area (Å²) >= 11 is 0. The van der Waals surface area contributed by atoms with Crippen LogP contribution in [-0.2, 0) is 16.0 Å². The summed E-state index contributed by atoms with van der Waals surface area (Å²) in [4.78, 5) is 25.1. The summed E-state index contributed by atoms with van der Waals surface area (Å²) in [6.45, 7) is 5.26. The van der Waals surface area contributed by atoms with Gasteiger partial charge in [0, 0.05) is 12.8 Å². The molecule has 7 heteroatoms. The minimum atomic E-state index is -0.942. The van der Waals surface area contributed by atoms with Crippen molar-refractivity contribution in [3.8, 4) is 0 Å². The third-order valence-corrected chi connectivity index (χ3v) is 4.83. The molecule has 2 aromatic rings. The van der Waals surface area contributed by atoms with Crippen LogP contribution < -0.4 is 10.6 Å². The lowest BCUT2D eigenvalue weighted by molar-refractivity contribution is -0.140. The molecule has 1 heterocycles. The predicted octanol–water partition coefficient (Wildman–Crippen LogP) is 1.66. The normalized spacial score (nSPS) is 19.1. The second-order valence-corrected chi connectivity index (χ2v) is 7.08. The van der Waals surface area contributed by atoms with Crippen molar-refractivity contribution in [1.82, 2.24) is 20.8 Å². The monoisotopic (exact) mass is 356 g/mol. The van der Waals surface area contributed by atoms with E-state index in [9.17, 15) is 9.59 Å². The Kier molecular flexibility index (Phi) is 4.82. The summed E-state index contributed by atoms with van der Waals surface area (Å²) in [5.41, 5.74) is 2.32. The summed E-state index contributed by atoms with van der Waals surface area (Å²) in [6.07, 6.45) is 0.645. The molecule has 0 fully saturated rings. The van der Waals surface area contributed by atoms with E-state index in [4.69, 9.17) is 4.74 Å². The number of hydrogen-bond acceptors (Lipinski definition) is 4. The van der Waals surface area contributed by atoms with Gasteiger partial charge in [-0.15, -0.1) is 0 Å². The maximum atomic E-state index is 12.6. The Bertz CT molecular complexity index is 828. The molecule has 0 radical (unpaired) electrons. The quantitative estimate of drug-likeness (QED) is 0.759. The van der Waals surface area contributed by atoms with Crippen molar-refractivity contribution in [2.45, 2.75) is 44.9 Å². The van der Waals surface area contributed by atoms with Crippen molar-refractivity contribution in [3.63, 3.8) is 0 Å². The first-order valence-corrected chi connectivity index (χ1v) is 8.58. The second-order valence-electron chi connectivity index (χ2n) is 7.08. The van der Waals surface area contributed by atoms with Gasteiger partial charge in [-0.05, 0) is 44.4 Å². The molecule has 0 saturated heterocycles. The van der Waals surface area contributed by atoms with Crippen LogP contribution in [0.3, 0.4) is 0 Å². The first kappa shape index (κ1) is 18.1. The summed E-state index contributed by atoms with van der Waals surface area (Å²) in [7, 11) is 1.50. The van der Waals surface area contributed by atoms with Crippen molar-refractivity contribution in [2.75, 3.05) is 7.11 Å². The number of aromatic amines is 1. The highest BCUT2D eigenvalue weighted by Crippen LogP contribution is 2.32. The number of amides is 2. The summed E-state index contributed by atoms with van der Waals surface area (Å²) in [5, 5.41) is 12.8. The standard InChI is InChI=1S/C19H24N4O3/c1-11-9-15(23-22-11)17(24)21-16-13-8-6-5-7-12(13)10-14(16)20-18(25)19(2,3)26-4/h5-9,14,16H,10H2,1-4H3,(H,20,25)(H,21,24)(H,22,23)/t14-,16-/m1/s1. The van der Waals surface area contributed by atoms with Gasteiger partial charge in [-0.25, -0.2) is 0 Å². The predicted molar refractivity (Wildman–Crippen MR) is 96.7 cm³/mol. The highest BCUT2D eigenvalue weighted by atomic mass is 16.5. The van der Waals surface area contributed by atoms with E-state index >= 15 is 0 Å². The highest BCUT2D eigenvalue weighted by Gasteiger charge is 2.37. The maximum absolute atomic E-state index is 12.6. The number of H-pyrrole nitrogens is 1. The Hall–Kier alpha value is -2.67. The number of methoxy groups -OCH3 is 1. The maximum Gasteiger partial charge on any atom is 0.272 e. The Morgan fingerprint density at radius 1 is 1.27 bits per heavy atom. The fraction of sp³-hybridized carbons (Fsp3) is 0.421. The third-order valence-electron chi connectivity index (χ3n) is 4.83. The van der Waals surface area contributed by atoms with Gasteiger partial charge in [-0.1, -0.05) is 24.3 Å². The van der Waals surface area contributed by atoms with E-state index in [1.807, 2.05) is 31.2 Å². The number of hydrogen-bond donors (Lipinski definition) is 3. The van der Waals surface area contributed by atoms with Crippen LogP contribution in [0.5, 0.6) is 0 Å². The van der Waals surface area contributed by atoms with Gasteiger partial charge in [0.15, 0.2) is 0 Å². The molecule has 0 unspecified atom stereocenters. The van der Waals surface area contributed by atoms with E-state index in [2.05, 4.69) is 20.8 Å². The van der Waals surface area contributed by atoms with Crippen LogP contribution in [-0.4, -0.2) is 40.8 Å². The first-order chi connectivity index (χ1) is 12.3. The number of fused-ring (bicyclic) bond motifs is 1. The highest BCUT2D eigenvalue weighted by molar-refractivity contribution is 5.93. The van der Waals surface area contributed by atoms with Gasteiger partial charge in [0.1, 0.15) is 11.3 Å². The lowest BCUT2D eigenvalue weighted by atomic mass is 10.0. The number of nitrogens with one attached hydrogen (secondary N) is 3. The average Bonchev–Trinajstić information content (AvgIpc) is 3.19. The smallest absolute Gasteiger partial charge is 0.272 e. The van der Waals surface area contributed by atoms with Crippen LogP contribution in [0.1, 0.15) is 47.2 Å². The fourth-order valence-corrected chi connectivity index (χ4v) is 3.09. The van der Waals surface area contributed by atoms with Crippen molar-refractivity contribution in [2.24, 2.45) is 0 Å². The molecular formula is C19H24N4O3.